The van der Waals surface area contributed by atoms with Gasteiger partial charge < -0.3 is 10.2 Å². The summed E-state index contributed by atoms with van der Waals surface area (Å²) in [5.74, 6) is -0.763. The molecule has 33 heavy (non-hydrogen) atoms. The maximum absolute atomic E-state index is 13.5. The lowest BCUT2D eigenvalue weighted by molar-refractivity contribution is -0.139. The Morgan fingerprint density at radius 1 is 1.00 bits per heavy atom. The van der Waals surface area contributed by atoms with E-state index in [1.54, 1.807) is 19.1 Å². The van der Waals surface area contributed by atoms with Crippen molar-refractivity contribution in [2.24, 2.45) is 0 Å². The minimum Gasteiger partial charge on any atom is -0.352 e. The summed E-state index contributed by atoms with van der Waals surface area (Å²) in [4.78, 5) is 27.6. The van der Waals surface area contributed by atoms with Gasteiger partial charge in [0.05, 0.1) is 11.9 Å². The number of carbonyl (C=O) groups is 2. The van der Waals surface area contributed by atoms with Crippen LogP contribution in [0.25, 0.3) is 0 Å². The molecule has 9 heteroatoms. The van der Waals surface area contributed by atoms with E-state index in [0.29, 0.717) is 5.69 Å². The molecule has 0 unspecified atom stereocenters. The van der Waals surface area contributed by atoms with Gasteiger partial charge in [-0.1, -0.05) is 34.1 Å². The van der Waals surface area contributed by atoms with Crippen LogP contribution in [-0.4, -0.2) is 50.0 Å². The van der Waals surface area contributed by atoms with Crippen molar-refractivity contribution in [3.63, 3.8) is 0 Å². The Labute approximate surface area is 205 Å². The van der Waals surface area contributed by atoms with Gasteiger partial charge >= 0.3 is 0 Å². The first kappa shape index (κ1) is 26.9. The Morgan fingerprint density at radius 2 is 1.61 bits per heavy atom. The van der Waals surface area contributed by atoms with E-state index in [9.17, 15) is 18.0 Å². The van der Waals surface area contributed by atoms with Gasteiger partial charge in [0, 0.05) is 17.1 Å². The van der Waals surface area contributed by atoms with E-state index < -0.39 is 28.5 Å². The molecular formula is C24H32BrN3O4S. The number of halogens is 1. The number of aryl methyl sites for hydroxylation is 2. The number of rotatable bonds is 9. The van der Waals surface area contributed by atoms with Crippen LogP contribution in [0.4, 0.5) is 5.69 Å². The number of amides is 2. The maximum Gasteiger partial charge on any atom is 0.244 e. The minimum atomic E-state index is -3.74. The SMILES string of the molecule is Cc1ccc(N(CC(=O)N(Cc2ccc(Br)cc2)[C@H](C)C(=O)NC(C)C)S(C)(=O)=O)cc1C. The van der Waals surface area contributed by atoms with Gasteiger partial charge in [-0.05, 0) is 75.6 Å². The van der Waals surface area contributed by atoms with Crippen molar-refractivity contribution in [3.8, 4) is 0 Å². The van der Waals surface area contributed by atoms with Gasteiger partial charge in [-0.25, -0.2) is 8.42 Å². The number of nitrogens with one attached hydrogen (secondary N) is 1. The van der Waals surface area contributed by atoms with Crippen LogP contribution in [0.15, 0.2) is 46.9 Å². The highest BCUT2D eigenvalue weighted by Gasteiger charge is 2.30. The van der Waals surface area contributed by atoms with E-state index in [0.717, 1.165) is 31.7 Å². The summed E-state index contributed by atoms with van der Waals surface area (Å²) in [6.45, 7) is 8.92. The third-order valence-electron chi connectivity index (χ3n) is 5.32. The highest BCUT2D eigenvalue weighted by molar-refractivity contribution is 9.10. The number of hydrogen-bond donors (Lipinski definition) is 1. The molecule has 1 atom stereocenters. The second kappa shape index (κ2) is 11.2. The predicted molar refractivity (Wildman–Crippen MR) is 136 cm³/mol. The van der Waals surface area contributed by atoms with Crippen LogP contribution < -0.4 is 9.62 Å². The minimum absolute atomic E-state index is 0.0902. The largest absolute Gasteiger partial charge is 0.352 e. The van der Waals surface area contributed by atoms with Gasteiger partial charge in [-0.15, -0.1) is 0 Å². The number of anilines is 1. The fourth-order valence-electron chi connectivity index (χ4n) is 3.27. The highest BCUT2D eigenvalue weighted by Crippen LogP contribution is 2.22. The maximum atomic E-state index is 13.5. The van der Waals surface area contributed by atoms with E-state index >= 15 is 0 Å². The van der Waals surface area contributed by atoms with Crippen LogP contribution in [0.3, 0.4) is 0 Å². The summed E-state index contributed by atoms with van der Waals surface area (Å²) < 4.78 is 27.2. The monoisotopic (exact) mass is 537 g/mol. The molecule has 0 saturated carbocycles. The van der Waals surface area contributed by atoms with Crippen LogP contribution in [-0.2, 0) is 26.2 Å². The Hall–Kier alpha value is -2.39. The van der Waals surface area contributed by atoms with Crippen molar-refractivity contribution in [2.75, 3.05) is 17.1 Å². The molecule has 0 radical (unpaired) electrons. The highest BCUT2D eigenvalue weighted by atomic mass is 79.9. The fraction of sp³-hybridized carbons (Fsp3) is 0.417. The number of carbonyl (C=O) groups excluding carboxylic acids is 2. The zero-order valence-corrected chi connectivity index (χ0v) is 22.3. The van der Waals surface area contributed by atoms with Crippen molar-refractivity contribution in [1.82, 2.24) is 10.2 Å². The molecule has 2 aromatic rings. The molecule has 0 aliphatic carbocycles. The molecule has 2 aromatic carbocycles. The van der Waals surface area contributed by atoms with E-state index in [-0.39, 0.29) is 18.5 Å². The molecule has 0 aliphatic heterocycles. The Morgan fingerprint density at radius 3 is 2.12 bits per heavy atom. The van der Waals surface area contributed by atoms with E-state index in [1.807, 2.05) is 58.0 Å². The molecule has 2 rings (SSSR count). The average Bonchev–Trinajstić information content (AvgIpc) is 2.71. The molecule has 0 aliphatic rings. The van der Waals surface area contributed by atoms with Crippen molar-refractivity contribution < 1.29 is 18.0 Å². The third-order valence-corrected chi connectivity index (χ3v) is 6.99. The summed E-state index contributed by atoms with van der Waals surface area (Å²) in [7, 11) is -3.74. The standard InChI is InChI=1S/C24H32BrN3O4S/c1-16(2)26-24(30)19(5)27(14-20-8-10-21(25)11-9-20)23(29)15-28(33(6,31)32)22-12-7-17(3)18(4)13-22/h7-13,16,19H,14-15H2,1-6H3,(H,26,30)/t19-/m1/s1. The zero-order chi connectivity index (χ0) is 24.9. The van der Waals surface area contributed by atoms with E-state index in [2.05, 4.69) is 21.2 Å². The van der Waals surface area contributed by atoms with Gasteiger partial charge in [-0.3, -0.25) is 13.9 Å². The number of benzene rings is 2. The van der Waals surface area contributed by atoms with Gasteiger partial charge in [0.15, 0.2) is 0 Å². The number of nitrogens with zero attached hydrogens (tertiary/aromatic N) is 2. The van der Waals surface area contributed by atoms with Crippen LogP contribution >= 0.6 is 15.9 Å². The molecule has 0 aromatic heterocycles. The van der Waals surface area contributed by atoms with Gasteiger partial charge in [0.1, 0.15) is 12.6 Å². The summed E-state index contributed by atoms with van der Waals surface area (Å²) in [5.41, 5.74) is 3.18. The molecule has 7 nitrogen and oxygen atoms in total. The van der Waals surface area contributed by atoms with Crippen LogP contribution in [0.1, 0.15) is 37.5 Å². The Balaban J connectivity index is 2.40. The van der Waals surface area contributed by atoms with Gasteiger partial charge in [-0.2, -0.15) is 0 Å². The lowest BCUT2D eigenvalue weighted by Gasteiger charge is -2.32. The predicted octanol–water partition coefficient (Wildman–Crippen LogP) is 3.77. The first-order valence-corrected chi connectivity index (χ1v) is 13.3. The number of hydrogen-bond acceptors (Lipinski definition) is 4. The molecule has 0 bridgehead atoms. The van der Waals surface area contributed by atoms with Crippen molar-refractivity contribution >= 4 is 43.5 Å². The van der Waals surface area contributed by atoms with Crippen LogP contribution in [0.5, 0.6) is 0 Å². The topological polar surface area (TPSA) is 86.8 Å². The molecule has 0 fully saturated rings. The summed E-state index contributed by atoms with van der Waals surface area (Å²) in [6, 6.07) is 11.8. The molecule has 2 amide bonds. The number of sulfonamides is 1. The average molecular weight is 539 g/mol. The fourth-order valence-corrected chi connectivity index (χ4v) is 4.37. The van der Waals surface area contributed by atoms with Crippen molar-refractivity contribution in [1.29, 1.82) is 0 Å². The molecule has 0 spiro atoms. The zero-order valence-electron chi connectivity index (χ0n) is 19.9. The summed E-state index contributed by atoms with van der Waals surface area (Å²) >= 11 is 3.39. The molecular weight excluding hydrogens is 506 g/mol. The second-order valence-electron chi connectivity index (χ2n) is 8.53. The first-order valence-electron chi connectivity index (χ1n) is 10.7. The smallest absolute Gasteiger partial charge is 0.244 e. The second-order valence-corrected chi connectivity index (χ2v) is 11.3. The van der Waals surface area contributed by atoms with Crippen molar-refractivity contribution in [3.05, 3.63) is 63.6 Å². The summed E-state index contributed by atoms with van der Waals surface area (Å²) in [6.07, 6.45) is 1.07. The van der Waals surface area contributed by atoms with Crippen molar-refractivity contribution in [2.45, 2.75) is 53.2 Å². The lowest BCUT2D eigenvalue weighted by Crippen LogP contribution is -2.52. The molecule has 1 N–H and O–H groups in total. The van der Waals surface area contributed by atoms with Gasteiger partial charge in [0.2, 0.25) is 21.8 Å². The van der Waals surface area contributed by atoms with Gasteiger partial charge in [0.25, 0.3) is 0 Å². The third kappa shape index (κ3) is 7.57. The summed E-state index contributed by atoms with van der Waals surface area (Å²) in [5, 5.41) is 2.83. The Bertz CT molecular complexity index is 1100. The van der Waals surface area contributed by atoms with E-state index in [1.165, 1.54) is 4.90 Å². The first-order chi connectivity index (χ1) is 15.3. The normalized spacial score (nSPS) is 12.4. The van der Waals surface area contributed by atoms with Crippen LogP contribution in [0.2, 0.25) is 0 Å². The Kier molecular flexibility index (Phi) is 9.08. The lowest BCUT2D eigenvalue weighted by atomic mass is 10.1. The van der Waals surface area contributed by atoms with Crippen LogP contribution in [0, 0.1) is 13.8 Å². The quantitative estimate of drug-likeness (QED) is 0.527. The van der Waals surface area contributed by atoms with E-state index in [4.69, 9.17) is 0 Å². The molecule has 0 heterocycles. The molecule has 0 saturated heterocycles. The molecule has 180 valence electrons.